The van der Waals surface area contributed by atoms with Crippen molar-refractivity contribution >= 4 is 5.69 Å². The highest BCUT2D eigenvalue weighted by Crippen LogP contribution is 2.34. The van der Waals surface area contributed by atoms with Crippen molar-refractivity contribution in [1.29, 1.82) is 0 Å². The van der Waals surface area contributed by atoms with E-state index in [2.05, 4.69) is 49.4 Å². The summed E-state index contributed by atoms with van der Waals surface area (Å²) in [6, 6.07) is 8.83. The average molecular weight is 262 g/mol. The van der Waals surface area contributed by atoms with Gasteiger partial charge in [-0.2, -0.15) is 0 Å². The van der Waals surface area contributed by atoms with Crippen LogP contribution in [0.5, 0.6) is 5.75 Å². The molecule has 0 heterocycles. The number of hydrogen-bond donors (Lipinski definition) is 1. The maximum atomic E-state index is 5.75. The third-order valence-corrected chi connectivity index (χ3v) is 3.44. The molecule has 1 unspecified atom stereocenters. The Kier molecular flexibility index (Phi) is 5.08. The minimum absolute atomic E-state index is 0.546. The number of nitrogens with zero attached hydrogens (tertiary/aromatic N) is 1. The van der Waals surface area contributed by atoms with E-state index < -0.39 is 0 Å². The van der Waals surface area contributed by atoms with Crippen molar-refractivity contribution in [2.75, 3.05) is 32.6 Å². The Bertz CT molecular complexity index is 388. The normalized spacial score (nSPS) is 16.4. The average Bonchev–Trinajstić information content (AvgIpc) is 3.12. The highest BCUT2D eigenvalue weighted by molar-refractivity contribution is 5.48. The predicted molar refractivity (Wildman–Crippen MR) is 80.9 cm³/mol. The number of anilines is 1. The zero-order chi connectivity index (χ0) is 13.7. The molecule has 1 saturated carbocycles. The molecule has 1 aromatic rings. The highest BCUT2D eigenvalue weighted by Gasteiger charge is 2.23. The number of hydrogen-bond acceptors (Lipinski definition) is 3. The van der Waals surface area contributed by atoms with Crippen molar-refractivity contribution in [3.05, 3.63) is 24.3 Å². The van der Waals surface area contributed by atoms with Gasteiger partial charge in [0, 0.05) is 24.3 Å². The summed E-state index contributed by atoms with van der Waals surface area (Å²) >= 11 is 0. The molecule has 0 spiro atoms. The first-order valence-corrected chi connectivity index (χ1v) is 7.27. The second-order valence-electron chi connectivity index (χ2n) is 5.90. The smallest absolute Gasteiger partial charge is 0.121 e. The standard InChI is InChI=1S/C16H26N2O/c1-13(11-14-7-8-14)17-15-5-4-6-16(12-15)19-10-9-18(2)3/h4-6,12-14,17H,7-11H2,1-3H3. The summed E-state index contributed by atoms with van der Waals surface area (Å²) in [6.07, 6.45) is 4.12. The fraction of sp³-hybridized carbons (Fsp3) is 0.625. The van der Waals surface area contributed by atoms with Gasteiger partial charge in [0.25, 0.3) is 0 Å². The lowest BCUT2D eigenvalue weighted by Crippen LogP contribution is -2.19. The lowest BCUT2D eigenvalue weighted by molar-refractivity contribution is 0.261. The number of rotatable bonds is 8. The van der Waals surface area contributed by atoms with Gasteiger partial charge in [0.05, 0.1) is 0 Å². The summed E-state index contributed by atoms with van der Waals surface area (Å²) in [7, 11) is 4.11. The van der Waals surface area contributed by atoms with Crippen LogP contribution in [0, 0.1) is 5.92 Å². The molecule has 0 amide bonds. The Balaban J connectivity index is 1.79. The van der Waals surface area contributed by atoms with Gasteiger partial charge >= 0.3 is 0 Å². The zero-order valence-corrected chi connectivity index (χ0v) is 12.4. The van der Waals surface area contributed by atoms with Crippen molar-refractivity contribution < 1.29 is 4.74 Å². The second-order valence-corrected chi connectivity index (χ2v) is 5.90. The summed E-state index contributed by atoms with van der Waals surface area (Å²) in [4.78, 5) is 2.12. The Labute approximate surface area is 116 Å². The third kappa shape index (κ3) is 5.52. The lowest BCUT2D eigenvalue weighted by Gasteiger charge is -2.16. The van der Waals surface area contributed by atoms with Crippen molar-refractivity contribution in [3.63, 3.8) is 0 Å². The predicted octanol–water partition coefficient (Wildman–Crippen LogP) is 3.23. The molecular formula is C16H26N2O. The second kappa shape index (κ2) is 6.80. The Morgan fingerprint density at radius 3 is 2.84 bits per heavy atom. The summed E-state index contributed by atoms with van der Waals surface area (Å²) in [6.45, 7) is 3.93. The molecule has 1 fully saturated rings. The van der Waals surface area contributed by atoms with Gasteiger partial charge in [-0.15, -0.1) is 0 Å². The van der Waals surface area contributed by atoms with Crippen LogP contribution in [0.4, 0.5) is 5.69 Å². The lowest BCUT2D eigenvalue weighted by atomic mass is 10.1. The van der Waals surface area contributed by atoms with E-state index in [1.807, 2.05) is 6.07 Å². The quantitative estimate of drug-likeness (QED) is 0.778. The van der Waals surface area contributed by atoms with Gasteiger partial charge in [0.15, 0.2) is 0 Å². The largest absolute Gasteiger partial charge is 0.492 e. The van der Waals surface area contributed by atoms with Gasteiger partial charge in [-0.3, -0.25) is 0 Å². The monoisotopic (exact) mass is 262 g/mol. The van der Waals surface area contributed by atoms with Crippen molar-refractivity contribution in [2.24, 2.45) is 5.92 Å². The van der Waals surface area contributed by atoms with Crippen LogP contribution in [0.15, 0.2) is 24.3 Å². The minimum Gasteiger partial charge on any atom is -0.492 e. The molecular weight excluding hydrogens is 236 g/mol. The van der Waals surface area contributed by atoms with Gasteiger partial charge in [0.1, 0.15) is 12.4 Å². The summed E-state index contributed by atoms with van der Waals surface area (Å²) in [5, 5.41) is 3.56. The molecule has 1 aromatic carbocycles. The minimum atomic E-state index is 0.546. The van der Waals surface area contributed by atoms with E-state index in [1.165, 1.54) is 19.3 Å². The van der Waals surface area contributed by atoms with Crippen LogP contribution < -0.4 is 10.1 Å². The molecule has 106 valence electrons. The van der Waals surface area contributed by atoms with Gasteiger partial charge in [-0.25, -0.2) is 0 Å². The maximum Gasteiger partial charge on any atom is 0.121 e. The molecule has 3 nitrogen and oxygen atoms in total. The van der Waals surface area contributed by atoms with Crippen molar-refractivity contribution in [1.82, 2.24) is 4.90 Å². The van der Waals surface area contributed by atoms with E-state index in [4.69, 9.17) is 4.74 Å². The van der Waals surface area contributed by atoms with Crippen LogP contribution in [0.1, 0.15) is 26.2 Å². The Hall–Kier alpha value is -1.22. The van der Waals surface area contributed by atoms with Gasteiger partial charge in [0.2, 0.25) is 0 Å². The molecule has 19 heavy (non-hydrogen) atoms. The fourth-order valence-corrected chi connectivity index (χ4v) is 2.22. The molecule has 1 N–H and O–H groups in total. The molecule has 0 bridgehead atoms. The molecule has 1 atom stereocenters. The first-order chi connectivity index (χ1) is 9.13. The van der Waals surface area contributed by atoms with Crippen LogP contribution in [0.25, 0.3) is 0 Å². The van der Waals surface area contributed by atoms with Crippen LogP contribution in [0.3, 0.4) is 0 Å². The molecule has 3 heteroatoms. The molecule has 0 aliphatic heterocycles. The first-order valence-electron chi connectivity index (χ1n) is 7.27. The summed E-state index contributed by atoms with van der Waals surface area (Å²) in [5.41, 5.74) is 1.16. The molecule has 2 rings (SSSR count). The van der Waals surface area contributed by atoms with E-state index in [9.17, 15) is 0 Å². The van der Waals surface area contributed by atoms with E-state index in [1.54, 1.807) is 0 Å². The van der Waals surface area contributed by atoms with Crippen molar-refractivity contribution in [3.8, 4) is 5.75 Å². The van der Waals surface area contributed by atoms with Crippen LogP contribution >= 0.6 is 0 Å². The molecule has 0 radical (unpaired) electrons. The van der Waals surface area contributed by atoms with E-state index >= 15 is 0 Å². The maximum absolute atomic E-state index is 5.75. The first kappa shape index (κ1) is 14.2. The number of benzene rings is 1. The number of nitrogens with one attached hydrogen (secondary N) is 1. The SMILES string of the molecule is CC(CC1CC1)Nc1cccc(OCCN(C)C)c1. The van der Waals surface area contributed by atoms with Crippen LogP contribution in [-0.4, -0.2) is 38.2 Å². The molecule has 0 saturated heterocycles. The van der Waals surface area contributed by atoms with Gasteiger partial charge in [-0.1, -0.05) is 18.9 Å². The topological polar surface area (TPSA) is 24.5 Å². The van der Waals surface area contributed by atoms with E-state index in [-0.39, 0.29) is 0 Å². The molecule has 1 aliphatic carbocycles. The van der Waals surface area contributed by atoms with Crippen LogP contribution in [-0.2, 0) is 0 Å². The highest BCUT2D eigenvalue weighted by atomic mass is 16.5. The summed E-state index contributed by atoms with van der Waals surface area (Å²) < 4.78 is 5.75. The number of ether oxygens (including phenoxy) is 1. The molecule has 0 aromatic heterocycles. The zero-order valence-electron chi connectivity index (χ0n) is 12.4. The summed E-state index contributed by atoms with van der Waals surface area (Å²) in [5.74, 6) is 1.91. The Morgan fingerprint density at radius 1 is 1.37 bits per heavy atom. The van der Waals surface area contributed by atoms with Crippen LogP contribution in [0.2, 0.25) is 0 Å². The van der Waals surface area contributed by atoms with E-state index in [0.29, 0.717) is 6.04 Å². The van der Waals surface area contributed by atoms with Gasteiger partial charge in [-0.05, 0) is 45.5 Å². The third-order valence-electron chi connectivity index (χ3n) is 3.44. The van der Waals surface area contributed by atoms with Crippen molar-refractivity contribution in [2.45, 2.75) is 32.2 Å². The van der Waals surface area contributed by atoms with Gasteiger partial charge < -0.3 is 15.0 Å². The van der Waals surface area contributed by atoms with E-state index in [0.717, 1.165) is 30.5 Å². The fourth-order valence-electron chi connectivity index (χ4n) is 2.22. The Morgan fingerprint density at radius 2 is 2.16 bits per heavy atom. The molecule has 1 aliphatic rings. The number of likely N-dealkylation sites (N-methyl/N-ethyl adjacent to an activating group) is 1.